The van der Waals surface area contributed by atoms with Crippen molar-refractivity contribution in [2.24, 2.45) is 17.3 Å². The molecule has 1 spiro atoms. The van der Waals surface area contributed by atoms with E-state index in [-0.39, 0.29) is 29.4 Å². The Morgan fingerprint density at radius 1 is 1.19 bits per heavy atom. The largest absolute Gasteiger partial charge is 0.392 e. The number of carbonyl (C=O) groups excluding carboxylic acids is 1. The summed E-state index contributed by atoms with van der Waals surface area (Å²) in [4.78, 5) is 18.6. The number of aliphatic hydroxyl groups is 1. The van der Waals surface area contributed by atoms with Gasteiger partial charge in [0.25, 0.3) is 0 Å². The van der Waals surface area contributed by atoms with Crippen LogP contribution >= 0.6 is 0 Å². The first-order chi connectivity index (χ1) is 12.7. The van der Waals surface area contributed by atoms with E-state index < -0.39 is 0 Å². The maximum Gasteiger partial charge on any atom is 0.225 e. The van der Waals surface area contributed by atoms with E-state index in [9.17, 15) is 9.90 Å². The van der Waals surface area contributed by atoms with Crippen LogP contribution in [0.3, 0.4) is 0 Å². The van der Waals surface area contributed by atoms with Crippen LogP contribution < -0.4 is 0 Å². The van der Waals surface area contributed by atoms with E-state index in [1.54, 1.807) is 0 Å². The normalized spacial score (nSPS) is 31.0. The smallest absolute Gasteiger partial charge is 0.225 e. The Kier molecular flexibility index (Phi) is 2.86. The van der Waals surface area contributed by atoms with Crippen molar-refractivity contribution in [3.63, 3.8) is 0 Å². The molecule has 134 valence electrons. The van der Waals surface area contributed by atoms with E-state index in [2.05, 4.69) is 33.8 Å². The minimum atomic E-state index is -0.364. The molecule has 3 fully saturated rings. The molecule has 1 aromatic heterocycles. The van der Waals surface area contributed by atoms with Crippen molar-refractivity contribution in [1.29, 1.82) is 0 Å². The molecular weight excluding hydrogens is 326 g/mol. The van der Waals surface area contributed by atoms with Gasteiger partial charge in [-0.1, -0.05) is 24.3 Å². The fraction of sp³-hybridized carbons (Fsp3) is 0.524. The summed E-state index contributed by atoms with van der Waals surface area (Å²) < 4.78 is 2.24. The lowest BCUT2D eigenvalue weighted by Crippen LogP contribution is -2.62. The standard InChI is InChI=1S/C21H23N3O2/c25-19-16(7-8-21(19)10-23(11-21)20(26)13-5-6-13)18-15-4-2-1-3-14(15)17-9-22-12-24(17)18/h1-4,9,12-13,16,18-19,25H,5-8,10-11H2/t16-,18+,19+/m0/s1. The number of hydrogen-bond donors (Lipinski definition) is 1. The summed E-state index contributed by atoms with van der Waals surface area (Å²) >= 11 is 0. The third-order valence-electron chi connectivity index (χ3n) is 7.18. The van der Waals surface area contributed by atoms with Crippen LogP contribution in [0.1, 0.15) is 37.3 Å². The second kappa shape index (κ2) is 4.97. The Labute approximate surface area is 152 Å². The average Bonchev–Trinajstić information content (AvgIpc) is 3.16. The minimum Gasteiger partial charge on any atom is -0.392 e. The number of aliphatic hydroxyl groups excluding tert-OH is 1. The first-order valence-corrected chi connectivity index (χ1v) is 9.76. The predicted octanol–water partition coefficient (Wildman–Crippen LogP) is 2.46. The summed E-state index contributed by atoms with van der Waals surface area (Å²) in [5.74, 6) is 0.774. The van der Waals surface area contributed by atoms with Gasteiger partial charge in [-0.15, -0.1) is 0 Å². The van der Waals surface area contributed by atoms with Gasteiger partial charge in [0.15, 0.2) is 0 Å². The molecule has 5 heteroatoms. The van der Waals surface area contributed by atoms with Crippen molar-refractivity contribution in [1.82, 2.24) is 14.5 Å². The molecule has 3 heterocycles. The number of benzene rings is 1. The van der Waals surface area contributed by atoms with Crippen molar-refractivity contribution in [2.75, 3.05) is 13.1 Å². The number of amides is 1. The molecule has 5 nitrogen and oxygen atoms in total. The second-order valence-corrected chi connectivity index (χ2v) is 8.70. The molecule has 1 amide bonds. The topological polar surface area (TPSA) is 58.4 Å². The SMILES string of the molecule is O=C(C1CC1)N1CC2(CC[C@@H]([C@H]3c4ccccc4-c4cncn43)[C@H]2O)C1. The van der Waals surface area contributed by atoms with Gasteiger partial charge in [0.05, 0.1) is 30.4 Å². The van der Waals surface area contributed by atoms with Gasteiger partial charge in [-0.2, -0.15) is 0 Å². The quantitative estimate of drug-likeness (QED) is 0.906. The molecule has 6 rings (SSSR count). The lowest BCUT2D eigenvalue weighted by atomic mass is 9.74. The lowest BCUT2D eigenvalue weighted by molar-refractivity contribution is -0.153. The molecule has 0 unspecified atom stereocenters. The van der Waals surface area contributed by atoms with E-state index in [0.29, 0.717) is 5.91 Å². The van der Waals surface area contributed by atoms with E-state index >= 15 is 0 Å². The van der Waals surface area contributed by atoms with Crippen LogP contribution in [-0.4, -0.2) is 44.7 Å². The first-order valence-electron chi connectivity index (χ1n) is 9.76. The van der Waals surface area contributed by atoms with Gasteiger partial charge >= 0.3 is 0 Å². The zero-order valence-electron chi connectivity index (χ0n) is 14.7. The average molecular weight is 349 g/mol. The number of carbonyl (C=O) groups is 1. The lowest BCUT2D eigenvalue weighted by Gasteiger charge is -2.51. The van der Waals surface area contributed by atoms with Crippen LogP contribution in [0.2, 0.25) is 0 Å². The van der Waals surface area contributed by atoms with Crippen molar-refractivity contribution >= 4 is 5.91 Å². The summed E-state index contributed by atoms with van der Waals surface area (Å²) in [6.45, 7) is 1.48. The van der Waals surface area contributed by atoms with Gasteiger partial charge in [-0.25, -0.2) is 4.98 Å². The highest BCUT2D eigenvalue weighted by atomic mass is 16.3. The number of fused-ring (bicyclic) bond motifs is 3. The van der Waals surface area contributed by atoms with Crippen LogP contribution in [0.4, 0.5) is 0 Å². The summed E-state index contributed by atoms with van der Waals surface area (Å²) in [7, 11) is 0. The Morgan fingerprint density at radius 3 is 2.81 bits per heavy atom. The molecule has 0 radical (unpaired) electrons. The number of hydrogen-bond acceptors (Lipinski definition) is 3. The summed E-state index contributed by atoms with van der Waals surface area (Å²) in [6.07, 6.45) is 7.58. The summed E-state index contributed by atoms with van der Waals surface area (Å²) in [5, 5.41) is 11.3. The predicted molar refractivity (Wildman–Crippen MR) is 96.3 cm³/mol. The van der Waals surface area contributed by atoms with Gasteiger partial charge < -0.3 is 14.6 Å². The molecule has 2 aliphatic heterocycles. The molecule has 1 N–H and O–H groups in total. The van der Waals surface area contributed by atoms with Gasteiger partial charge in [0.1, 0.15) is 0 Å². The van der Waals surface area contributed by atoms with E-state index in [4.69, 9.17) is 0 Å². The summed E-state index contributed by atoms with van der Waals surface area (Å²) in [6, 6.07) is 8.65. The highest BCUT2D eigenvalue weighted by Gasteiger charge is 2.59. The van der Waals surface area contributed by atoms with E-state index in [1.807, 2.05) is 17.4 Å². The van der Waals surface area contributed by atoms with Gasteiger partial charge in [0, 0.05) is 35.9 Å². The van der Waals surface area contributed by atoms with Crippen LogP contribution in [0.5, 0.6) is 0 Å². The third-order valence-corrected chi connectivity index (χ3v) is 7.18. The minimum absolute atomic E-state index is 0.0898. The first kappa shape index (κ1) is 15.0. The number of rotatable bonds is 2. The maximum absolute atomic E-state index is 12.3. The van der Waals surface area contributed by atoms with Crippen molar-refractivity contribution in [3.05, 3.63) is 42.4 Å². The molecular formula is C21H23N3O2. The fourth-order valence-electron chi connectivity index (χ4n) is 5.66. The van der Waals surface area contributed by atoms with Crippen molar-refractivity contribution in [3.8, 4) is 11.3 Å². The molecule has 4 aliphatic rings. The molecule has 1 aromatic carbocycles. The zero-order valence-corrected chi connectivity index (χ0v) is 14.7. The highest BCUT2D eigenvalue weighted by Crippen LogP contribution is 2.55. The zero-order chi connectivity index (χ0) is 17.5. The van der Waals surface area contributed by atoms with Gasteiger partial charge in [-0.05, 0) is 31.2 Å². The Hall–Kier alpha value is -2.14. The van der Waals surface area contributed by atoms with Gasteiger partial charge in [0.2, 0.25) is 5.91 Å². The van der Waals surface area contributed by atoms with Crippen LogP contribution in [0.15, 0.2) is 36.8 Å². The Morgan fingerprint density at radius 2 is 2.00 bits per heavy atom. The van der Waals surface area contributed by atoms with E-state index in [1.165, 1.54) is 11.1 Å². The molecule has 26 heavy (non-hydrogen) atoms. The van der Waals surface area contributed by atoms with E-state index in [0.717, 1.165) is 44.5 Å². The number of nitrogens with zero attached hydrogens (tertiary/aromatic N) is 3. The number of aromatic nitrogens is 2. The maximum atomic E-state index is 12.3. The van der Waals surface area contributed by atoms with Crippen molar-refractivity contribution in [2.45, 2.75) is 37.8 Å². The molecule has 1 saturated heterocycles. The Balaban J connectivity index is 1.29. The molecule has 2 aromatic rings. The molecule has 0 bridgehead atoms. The van der Waals surface area contributed by atoms with Crippen molar-refractivity contribution < 1.29 is 9.90 Å². The number of likely N-dealkylation sites (tertiary alicyclic amines) is 1. The summed E-state index contributed by atoms with van der Waals surface area (Å²) in [5.41, 5.74) is 3.60. The van der Waals surface area contributed by atoms with Crippen LogP contribution in [-0.2, 0) is 4.79 Å². The Bertz CT molecular complexity index is 894. The number of imidazole rings is 1. The molecule has 2 saturated carbocycles. The van der Waals surface area contributed by atoms with Crippen LogP contribution in [0, 0.1) is 17.3 Å². The molecule has 2 aliphatic carbocycles. The van der Waals surface area contributed by atoms with Gasteiger partial charge in [-0.3, -0.25) is 4.79 Å². The molecule has 3 atom stereocenters. The van der Waals surface area contributed by atoms with Crippen LogP contribution in [0.25, 0.3) is 11.3 Å². The third kappa shape index (κ3) is 1.84. The fourth-order valence-corrected chi connectivity index (χ4v) is 5.66. The monoisotopic (exact) mass is 349 g/mol. The second-order valence-electron chi connectivity index (χ2n) is 8.70. The highest BCUT2D eigenvalue weighted by molar-refractivity contribution is 5.82.